The Bertz CT molecular complexity index is 650. The number of rotatable bonds is 7. The molecule has 1 fully saturated rings. The smallest absolute Gasteiger partial charge is 0.199 e. The van der Waals surface area contributed by atoms with E-state index >= 15 is 0 Å². The maximum atomic E-state index is 13.1. The molecule has 0 aromatic heterocycles. The van der Waals surface area contributed by atoms with Gasteiger partial charge in [-0.3, -0.25) is 0 Å². The van der Waals surface area contributed by atoms with Crippen LogP contribution in [0.2, 0.25) is 0 Å². The molecule has 0 amide bonds. The Kier molecular flexibility index (Phi) is 7.78. The van der Waals surface area contributed by atoms with E-state index in [2.05, 4.69) is 0 Å². The molecule has 0 aliphatic heterocycles. The number of hydrogen-bond donors (Lipinski definition) is 0. The van der Waals surface area contributed by atoms with E-state index in [9.17, 15) is 13.2 Å². The van der Waals surface area contributed by atoms with Crippen LogP contribution >= 0.6 is 0 Å². The van der Waals surface area contributed by atoms with Gasteiger partial charge in [-0.25, -0.2) is 8.78 Å². The number of unbranched alkanes of at least 4 members (excludes halogenated alkanes) is 1. The highest BCUT2D eigenvalue weighted by Gasteiger charge is 2.18. The second-order valence-corrected chi connectivity index (χ2v) is 6.79. The first-order valence-corrected chi connectivity index (χ1v) is 8.96. The molecule has 0 atom stereocenters. The van der Waals surface area contributed by atoms with E-state index in [-0.39, 0.29) is 0 Å². The van der Waals surface area contributed by atoms with E-state index in [4.69, 9.17) is 5.26 Å². The highest BCUT2D eigenvalue weighted by atomic mass is 19.2. The molecule has 0 heterocycles. The number of benzene rings is 1. The lowest BCUT2D eigenvalue weighted by molar-refractivity contribution is 0.289. The molecule has 0 N–H and O–H groups in total. The number of halogens is 3. The molecule has 1 aromatic rings. The zero-order valence-corrected chi connectivity index (χ0v) is 14.4. The van der Waals surface area contributed by atoms with E-state index in [1.807, 2.05) is 6.08 Å². The van der Waals surface area contributed by atoms with Gasteiger partial charge in [-0.1, -0.05) is 31.1 Å². The molecule has 1 saturated carbocycles. The molecule has 1 aliphatic carbocycles. The summed E-state index contributed by atoms with van der Waals surface area (Å²) in [6, 6.07) is 5.59. The number of allylic oxidation sites excluding steroid dienone is 4. The summed E-state index contributed by atoms with van der Waals surface area (Å²) in [7, 11) is 0. The molecule has 2 rings (SSSR count). The molecule has 25 heavy (non-hydrogen) atoms. The van der Waals surface area contributed by atoms with Crippen LogP contribution in [0.1, 0.15) is 50.5 Å². The summed E-state index contributed by atoms with van der Waals surface area (Å²) in [5.41, 5.74) is 0.852. The Morgan fingerprint density at radius 2 is 1.88 bits per heavy atom. The summed E-state index contributed by atoms with van der Waals surface area (Å²) in [5, 5.41) is 8.35. The van der Waals surface area contributed by atoms with Gasteiger partial charge < -0.3 is 0 Å². The molecular formula is C21H24F3N. The Hall–Kier alpha value is -2.02. The largest absolute Gasteiger partial charge is 0.204 e. The van der Waals surface area contributed by atoms with Crippen LogP contribution < -0.4 is 0 Å². The van der Waals surface area contributed by atoms with Gasteiger partial charge in [0.15, 0.2) is 17.5 Å². The summed E-state index contributed by atoms with van der Waals surface area (Å²) in [6.45, 7) is 0. The molecule has 0 spiro atoms. The standard InChI is InChI=1S/C21H24F3N/c22-19(15-25)7-3-6-17-10-8-16(9-11-17)4-1-2-5-18-12-13-20(23)21(24)14-18/h3,6-7,12-14,16-17H,1-2,4-5,8-11H2. The van der Waals surface area contributed by atoms with Crippen LogP contribution in [-0.2, 0) is 6.42 Å². The molecule has 0 unspecified atom stereocenters. The van der Waals surface area contributed by atoms with Crippen molar-refractivity contribution in [2.75, 3.05) is 0 Å². The topological polar surface area (TPSA) is 23.8 Å². The second-order valence-electron chi connectivity index (χ2n) is 6.79. The van der Waals surface area contributed by atoms with Crippen molar-refractivity contribution in [3.8, 4) is 6.07 Å². The molecule has 0 saturated heterocycles. The normalized spacial score (nSPS) is 21.4. The first-order valence-electron chi connectivity index (χ1n) is 8.96. The number of hydrogen-bond acceptors (Lipinski definition) is 1. The summed E-state index contributed by atoms with van der Waals surface area (Å²) < 4.78 is 38.7. The third-order valence-corrected chi connectivity index (χ3v) is 4.94. The highest BCUT2D eigenvalue weighted by Crippen LogP contribution is 2.32. The van der Waals surface area contributed by atoms with Crippen LogP contribution in [0.4, 0.5) is 13.2 Å². The van der Waals surface area contributed by atoms with Crippen molar-refractivity contribution in [1.82, 2.24) is 0 Å². The van der Waals surface area contributed by atoms with E-state index in [0.717, 1.165) is 43.6 Å². The molecular weight excluding hydrogens is 323 g/mol. The van der Waals surface area contributed by atoms with Gasteiger partial charge in [-0.05, 0) is 74.1 Å². The minimum absolute atomic E-state index is 0.473. The zero-order chi connectivity index (χ0) is 18.1. The Balaban J connectivity index is 1.62. The zero-order valence-electron chi connectivity index (χ0n) is 14.4. The molecule has 1 aromatic carbocycles. The minimum Gasteiger partial charge on any atom is -0.204 e. The average molecular weight is 347 g/mol. The fourth-order valence-corrected chi connectivity index (χ4v) is 3.46. The first-order chi connectivity index (χ1) is 12.1. The molecule has 0 radical (unpaired) electrons. The predicted octanol–water partition coefficient (Wildman–Crippen LogP) is 6.42. The van der Waals surface area contributed by atoms with Gasteiger partial charge in [-0.2, -0.15) is 9.65 Å². The van der Waals surface area contributed by atoms with Gasteiger partial charge >= 0.3 is 0 Å². The van der Waals surface area contributed by atoms with E-state index < -0.39 is 17.5 Å². The van der Waals surface area contributed by atoms with Gasteiger partial charge in [0.1, 0.15) is 6.07 Å². The van der Waals surface area contributed by atoms with E-state index in [0.29, 0.717) is 5.92 Å². The summed E-state index contributed by atoms with van der Waals surface area (Å²) in [5.74, 6) is -1.12. The molecule has 134 valence electrons. The SMILES string of the molecule is N#CC(F)=CC=CC1CCC(CCCCc2ccc(F)c(F)c2)CC1. The highest BCUT2D eigenvalue weighted by molar-refractivity contribution is 5.19. The molecule has 1 nitrogen and oxygen atoms in total. The van der Waals surface area contributed by atoms with Crippen LogP contribution in [0.25, 0.3) is 0 Å². The van der Waals surface area contributed by atoms with Gasteiger partial charge in [0.05, 0.1) is 0 Å². The van der Waals surface area contributed by atoms with Crippen molar-refractivity contribution in [3.05, 3.63) is 59.5 Å². The van der Waals surface area contributed by atoms with Crippen molar-refractivity contribution >= 4 is 0 Å². The fourth-order valence-electron chi connectivity index (χ4n) is 3.46. The van der Waals surface area contributed by atoms with Crippen LogP contribution in [-0.4, -0.2) is 0 Å². The molecule has 0 bridgehead atoms. The van der Waals surface area contributed by atoms with E-state index in [1.165, 1.54) is 43.5 Å². The lowest BCUT2D eigenvalue weighted by Gasteiger charge is -2.26. The maximum absolute atomic E-state index is 13.1. The maximum Gasteiger partial charge on any atom is 0.199 e. The molecule has 1 aliphatic rings. The number of nitrogens with zero attached hydrogens (tertiary/aromatic N) is 1. The van der Waals surface area contributed by atoms with Gasteiger partial charge in [0, 0.05) is 0 Å². The Labute approximate surface area is 147 Å². The van der Waals surface area contributed by atoms with Gasteiger partial charge in [0.2, 0.25) is 0 Å². The van der Waals surface area contributed by atoms with Crippen molar-refractivity contribution in [3.63, 3.8) is 0 Å². The summed E-state index contributed by atoms with van der Waals surface area (Å²) in [4.78, 5) is 0. The second kappa shape index (κ2) is 10.1. The minimum atomic E-state index is -0.791. The Morgan fingerprint density at radius 1 is 1.12 bits per heavy atom. The van der Waals surface area contributed by atoms with E-state index in [1.54, 1.807) is 12.1 Å². The van der Waals surface area contributed by atoms with Crippen molar-refractivity contribution in [2.24, 2.45) is 11.8 Å². The lowest BCUT2D eigenvalue weighted by atomic mass is 9.79. The monoisotopic (exact) mass is 347 g/mol. The van der Waals surface area contributed by atoms with Crippen molar-refractivity contribution < 1.29 is 13.2 Å². The number of nitriles is 1. The van der Waals surface area contributed by atoms with Crippen molar-refractivity contribution in [2.45, 2.75) is 51.4 Å². The first kappa shape index (κ1) is 19.3. The number of aryl methyl sites for hydroxylation is 1. The third kappa shape index (κ3) is 6.78. The lowest BCUT2D eigenvalue weighted by Crippen LogP contribution is -2.13. The van der Waals surface area contributed by atoms with Crippen LogP contribution in [0.3, 0.4) is 0 Å². The van der Waals surface area contributed by atoms with Crippen molar-refractivity contribution in [1.29, 1.82) is 5.26 Å². The van der Waals surface area contributed by atoms with Crippen LogP contribution in [0.5, 0.6) is 0 Å². The van der Waals surface area contributed by atoms with Crippen LogP contribution in [0.15, 0.2) is 42.3 Å². The average Bonchev–Trinajstić information content (AvgIpc) is 2.62. The predicted molar refractivity (Wildman–Crippen MR) is 93.3 cm³/mol. The molecule has 4 heteroatoms. The third-order valence-electron chi connectivity index (χ3n) is 4.94. The quantitative estimate of drug-likeness (QED) is 0.317. The Morgan fingerprint density at radius 3 is 2.56 bits per heavy atom. The fraction of sp³-hybridized carbons (Fsp3) is 0.476. The van der Waals surface area contributed by atoms with Crippen LogP contribution in [0, 0.1) is 34.8 Å². The summed E-state index contributed by atoms with van der Waals surface area (Å²) in [6.07, 6.45) is 13.4. The van der Waals surface area contributed by atoms with Gasteiger partial charge in [-0.15, -0.1) is 0 Å². The van der Waals surface area contributed by atoms with Gasteiger partial charge in [0.25, 0.3) is 0 Å². The summed E-state index contributed by atoms with van der Waals surface area (Å²) >= 11 is 0.